The number of hydrogen-bond donors (Lipinski definition) is 0. The first-order chi connectivity index (χ1) is 14.0. The first-order valence-corrected chi connectivity index (χ1v) is 11.1. The van der Waals surface area contributed by atoms with Gasteiger partial charge in [-0.25, -0.2) is 0 Å². The fourth-order valence-electron chi connectivity index (χ4n) is 3.99. The van der Waals surface area contributed by atoms with Crippen LogP contribution in [-0.4, -0.2) is 71.0 Å². The fourth-order valence-corrected chi connectivity index (χ4v) is 5.39. The molecule has 0 spiro atoms. The number of hydrogen-bond acceptors (Lipinski definition) is 5. The minimum absolute atomic E-state index is 0.0117. The zero-order chi connectivity index (χ0) is 20.4. The van der Waals surface area contributed by atoms with Crippen molar-refractivity contribution in [3.63, 3.8) is 0 Å². The highest BCUT2D eigenvalue weighted by Gasteiger charge is 2.39. The highest BCUT2D eigenvalue weighted by molar-refractivity contribution is 8.01. The van der Waals surface area contributed by atoms with E-state index in [4.69, 9.17) is 4.42 Å². The lowest BCUT2D eigenvalue weighted by atomic mass is 10.1. The molecule has 2 aliphatic heterocycles. The van der Waals surface area contributed by atoms with Crippen LogP contribution in [0.4, 0.5) is 0 Å². The number of furan rings is 1. The average Bonchev–Trinajstić information content (AvgIpc) is 3.36. The molecule has 1 aromatic heterocycles. The van der Waals surface area contributed by atoms with Crippen LogP contribution in [0, 0.1) is 6.92 Å². The summed E-state index contributed by atoms with van der Waals surface area (Å²) in [6, 6.07) is 11.8. The van der Waals surface area contributed by atoms with Gasteiger partial charge in [0.1, 0.15) is 5.37 Å². The van der Waals surface area contributed by atoms with Crippen molar-refractivity contribution >= 4 is 23.6 Å². The Kier molecular flexibility index (Phi) is 5.96. The average molecular weight is 414 g/mol. The summed E-state index contributed by atoms with van der Waals surface area (Å²) in [6.45, 7) is 8.62. The number of nitrogens with zero attached hydrogens (tertiary/aromatic N) is 3. The molecule has 0 saturated carbocycles. The van der Waals surface area contributed by atoms with Crippen LogP contribution in [0.5, 0.6) is 0 Å². The first-order valence-electron chi connectivity index (χ1n) is 10.1. The molecule has 7 heteroatoms. The van der Waals surface area contributed by atoms with Crippen LogP contribution in [-0.2, 0) is 4.79 Å². The second-order valence-electron chi connectivity index (χ2n) is 7.63. The molecule has 0 bridgehead atoms. The normalized spacial score (nSPS) is 23.0. The number of carbonyl (C=O) groups is 2. The molecule has 2 saturated heterocycles. The van der Waals surface area contributed by atoms with Gasteiger partial charge in [0.2, 0.25) is 5.91 Å². The second kappa shape index (κ2) is 8.63. The Labute approximate surface area is 175 Å². The second-order valence-corrected chi connectivity index (χ2v) is 9.06. The van der Waals surface area contributed by atoms with Crippen molar-refractivity contribution in [1.29, 1.82) is 0 Å². The zero-order valence-electron chi connectivity index (χ0n) is 16.9. The molecule has 2 aliphatic rings. The Morgan fingerprint density at radius 1 is 1.10 bits per heavy atom. The van der Waals surface area contributed by atoms with Gasteiger partial charge in [0.05, 0.1) is 11.5 Å². The van der Waals surface area contributed by atoms with Gasteiger partial charge in [-0.05, 0) is 37.1 Å². The van der Waals surface area contributed by atoms with Crippen molar-refractivity contribution in [3.05, 3.63) is 59.5 Å². The summed E-state index contributed by atoms with van der Waals surface area (Å²) in [4.78, 5) is 31.4. The Balaban J connectivity index is 1.34. The Morgan fingerprint density at radius 3 is 2.55 bits per heavy atom. The molecule has 2 aromatic rings. The number of rotatable bonds is 5. The lowest BCUT2D eigenvalue weighted by molar-refractivity contribution is -0.130. The SMILES string of the molecule is Cc1ccccc1[C@H]1S[C@@H](C)C(=O)N1CCN1CCN(C(=O)c2ccco2)CC1. The van der Waals surface area contributed by atoms with Crippen molar-refractivity contribution in [1.82, 2.24) is 14.7 Å². The maximum atomic E-state index is 12.8. The van der Waals surface area contributed by atoms with E-state index in [0.717, 1.165) is 19.6 Å². The topological polar surface area (TPSA) is 57.0 Å². The Bertz CT molecular complexity index is 862. The molecular weight excluding hydrogens is 386 g/mol. The number of amides is 2. The van der Waals surface area contributed by atoms with Crippen molar-refractivity contribution in [2.45, 2.75) is 24.5 Å². The van der Waals surface area contributed by atoms with Gasteiger partial charge in [-0.3, -0.25) is 14.5 Å². The van der Waals surface area contributed by atoms with E-state index in [1.165, 1.54) is 17.4 Å². The molecule has 6 nitrogen and oxygen atoms in total. The Hall–Kier alpha value is -2.25. The van der Waals surface area contributed by atoms with Crippen LogP contribution in [0.25, 0.3) is 0 Å². The van der Waals surface area contributed by atoms with Gasteiger partial charge in [0.15, 0.2) is 5.76 Å². The van der Waals surface area contributed by atoms with Gasteiger partial charge in [-0.1, -0.05) is 24.3 Å². The van der Waals surface area contributed by atoms with Crippen molar-refractivity contribution in [2.75, 3.05) is 39.3 Å². The predicted octanol–water partition coefficient (Wildman–Crippen LogP) is 3.01. The molecule has 0 aliphatic carbocycles. The standard InChI is InChI=1S/C22H27N3O3S/c1-16-6-3-4-7-18(16)22-25(20(26)17(2)29-22)14-11-23-9-12-24(13-10-23)21(27)19-8-5-15-28-19/h3-8,15,17,22H,9-14H2,1-2H3/t17-,22+/m0/s1. The number of aryl methyl sites for hydroxylation is 1. The molecule has 29 heavy (non-hydrogen) atoms. The van der Waals surface area contributed by atoms with E-state index in [1.54, 1.807) is 23.9 Å². The highest BCUT2D eigenvalue weighted by Crippen LogP contribution is 2.43. The van der Waals surface area contributed by atoms with Gasteiger partial charge in [0.25, 0.3) is 5.91 Å². The molecular formula is C22H27N3O3S. The minimum Gasteiger partial charge on any atom is -0.459 e. The third-order valence-corrected chi connectivity index (χ3v) is 7.13. The summed E-state index contributed by atoms with van der Waals surface area (Å²) >= 11 is 1.73. The number of carbonyl (C=O) groups excluding carboxylic acids is 2. The first kappa shape index (κ1) is 20.0. The number of thioether (sulfide) groups is 1. The largest absolute Gasteiger partial charge is 0.459 e. The molecule has 0 radical (unpaired) electrons. The van der Waals surface area contributed by atoms with Crippen molar-refractivity contribution in [3.8, 4) is 0 Å². The molecule has 3 heterocycles. The van der Waals surface area contributed by atoms with E-state index < -0.39 is 0 Å². The molecule has 1 aromatic carbocycles. The van der Waals surface area contributed by atoms with E-state index in [-0.39, 0.29) is 22.4 Å². The molecule has 154 valence electrons. The van der Waals surface area contributed by atoms with E-state index in [2.05, 4.69) is 24.0 Å². The molecule has 4 rings (SSSR count). The van der Waals surface area contributed by atoms with Gasteiger partial charge < -0.3 is 14.2 Å². The molecule has 2 amide bonds. The summed E-state index contributed by atoms with van der Waals surface area (Å²) in [6.07, 6.45) is 1.53. The van der Waals surface area contributed by atoms with Crippen LogP contribution >= 0.6 is 11.8 Å². The molecule has 2 fully saturated rings. The van der Waals surface area contributed by atoms with Gasteiger partial charge >= 0.3 is 0 Å². The van der Waals surface area contributed by atoms with Gasteiger partial charge in [-0.15, -0.1) is 11.8 Å². The van der Waals surface area contributed by atoms with Crippen LogP contribution in [0.2, 0.25) is 0 Å². The zero-order valence-corrected chi connectivity index (χ0v) is 17.7. The summed E-state index contributed by atoms with van der Waals surface area (Å²) in [7, 11) is 0. The van der Waals surface area contributed by atoms with Gasteiger partial charge in [-0.2, -0.15) is 0 Å². The minimum atomic E-state index is -0.0470. The van der Waals surface area contributed by atoms with E-state index in [9.17, 15) is 9.59 Å². The third kappa shape index (κ3) is 4.21. The monoisotopic (exact) mass is 413 g/mol. The van der Waals surface area contributed by atoms with Crippen LogP contribution in [0.1, 0.15) is 34.0 Å². The summed E-state index contributed by atoms with van der Waals surface area (Å²) < 4.78 is 5.22. The summed E-state index contributed by atoms with van der Waals surface area (Å²) in [5, 5.41) is 0.0721. The Morgan fingerprint density at radius 2 is 1.86 bits per heavy atom. The van der Waals surface area contributed by atoms with E-state index >= 15 is 0 Å². The van der Waals surface area contributed by atoms with Crippen LogP contribution in [0.15, 0.2) is 47.1 Å². The molecule has 2 atom stereocenters. The smallest absolute Gasteiger partial charge is 0.289 e. The number of benzene rings is 1. The quantitative estimate of drug-likeness (QED) is 0.754. The lowest BCUT2D eigenvalue weighted by Gasteiger charge is -2.35. The highest BCUT2D eigenvalue weighted by atomic mass is 32.2. The van der Waals surface area contributed by atoms with Crippen molar-refractivity contribution < 1.29 is 14.0 Å². The summed E-state index contributed by atoms with van der Waals surface area (Å²) in [5.74, 6) is 0.567. The molecule has 0 N–H and O–H groups in total. The van der Waals surface area contributed by atoms with Gasteiger partial charge in [0, 0.05) is 39.3 Å². The fraction of sp³-hybridized carbons (Fsp3) is 0.455. The van der Waals surface area contributed by atoms with Crippen LogP contribution < -0.4 is 0 Å². The maximum Gasteiger partial charge on any atom is 0.289 e. The van der Waals surface area contributed by atoms with E-state index in [1.807, 2.05) is 28.9 Å². The third-order valence-electron chi connectivity index (χ3n) is 5.75. The lowest BCUT2D eigenvalue weighted by Crippen LogP contribution is -2.50. The maximum absolute atomic E-state index is 12.8. The van der Waals surface area contributed by atoms with Crippen LogP contribution in [0.3, 0.4) is 0 Å². The summed E-state index contributed by atoms with van der Waals surface area (Å²) in [5.41, 5.74) is 2.45. The number of piperazine rings is 1. The molecule has 0 unspecified atom stereocenters. The van der Waals surface area contributed by atoms with Crippen molar-refractivity contribution in [2.24, 2.45) is 0 Å². The predicted molar refractivity (Wildman–Crippen MR) is 114 cm³/mol. The van der Waals surface area contributed by atoms with E-state index in [0.29, 0.717) is 25.4 Å².